The van der Waals surface area contributed by atoms with Crippen molar-refractivity contribution in [2.75, 3.05) is 7.11 Å². The van der Waals surface area contributed by atoms with Gasteiger partial charge in [-0.05, 0) is 25.0 Å². The van der Waals surface area contributed by atoms with Gasteiger partial charge in [0.25, 0.3) is 0 Å². The molecule has 1 unspecified atom stereocenters. The third-order valence-corrected chi connectivity index (χ3v) is 2.47. The van der Waals surface area contributed by atoms with Gasteiger partial charge in [0, 0.05) is 5.56 Å². The zero-order valence-electron chi connectivity index (χ0n) is 9.44. The first-order valence-corrected chi connectivity index (χ1v) is 4.75. The zero-order chi connectivity index (χ0) is 12.5. The molecule has 0 bridgehead atoms. The van der Waals surface area contributed by atoms with Crippen LogP contribution in [0.3, 0.4) is 0 Å². The van der Waals surface area contributed by atoms with E-state index >= 15 is 0 Å². The van der Waals surface area contributed by atoms with E-state index in [1.807, 2.05) is 0 Å². The van der Waals surface area contributed by atoms with E-state index in [2.05, 4.69) is 0 Å². The molecule has 0 spiro atoms. The molecule has 0 radical (unpaired) electrons. The fourth-order valence-electron chi connectivity index (χ4n) is 1.74. The number of aryl methyl sites for hydroxylation is 2. The molecule has 0 aliphatic heterocycles. The third kappa shape index (κ3) is 1.94. The average molecular weight is 225 g/mol. The van der Waals surface area contributed by atoms with Crippen LogP contribution in [-0.4, -0.2) is 23.3 Å². The highest BCUT2D eigenvalue weighted by molar-refractivity contribution is 5.78. The summed E-state index contributed by atoms with van der Waals surface area (Å²) in [5, 5.41) is 18.7. The number of methoxy groups -OCH3 is 1. The summed E-state index contributed by atoms with van der Waals surface area (Å²) >= 11 is 0. The molecule has 0 aliphatic rings. The highest BCUT2D eigenvalue weighted by Gasteiger charge is 2.24. The highest BCUT2D eigenvalue weighted by Crippen LogP contribution is 2.38. The molecule has 0 fully saturated rings. The van der Waals surface area contributed by atoms with Crippen LogP contribution in [0.1, 0.15) is 22.7 Å². The van der Waals surface area contributed by atoms with E-state index in [0.29, 0.717) is 5.56 Å². The smallest absolute Gasteiger partial charge is 0.325 e. The van der Waals surface area contributed by atoms with Crippen LogP contribution in [-0.2, 0) is 4.79 Å². The van der Waals surface area contributed by atoms with Gasteiger partial charge in [0.15, 0.2) is 11.5 Å². The molecule has 0 saturated heterocycles. The number of aliphatic carboxylic acids is 1. The average Bonchev–Trinajstić information content (AvgIpc) is 2.17. The summed E-state index contributed by atoms with van der Waals surface area (Å²) in [6.07, 6.45) is 0. The largest absolute Gasteiger partial charge is 0.504 e. The molecule has 5 heteroatoms. The van der Waals surface area contributed by atoms with Gasteiger partial charge in [-0.25, -0.2) is 0 Å². The van der Waals surface area contributed by atoms with Crippen LogP contribution < -0.4 is 10.5 Å². The first-order chi connectivity index (χ1) is 7.40. The van der Waals surface area contributed by atoms with E-state index < -0.39 is 12.0 Å². The monoisotopic (exact) mass is 225 g/mol. The normalized spacial score (nSPS) is 12.2. The topological polar surface area (TPSA) is 92.8 Å². The van der Waals surface area contributed by atoms with Crippen molar-refractivity contribution in [3.63, 3.8) is 0 Å². The van der Waals surface area contributed by atoms with Crippen molar-refractivity contribution in [1.82, 2.24) is 0 Å². The second-order valence-corrected chi connectivity index (χ2v) is 3.62. The molecule has 0 heterocycles. The Hall–Kier alpha value is -1.75. The number of hydrogen-bond donors (Lipinski definition) is 3. The summed E-state index contributed by atoms with van der Waals surface area (Å²) in [5.74, 6) is -1.13. The molecule has 1 aromatic rings. The fourth-order valence-corrected chi connectivity index (χ4v) is 1.74. The maximum absolute atomic E-state index is 10.8. The quantitative estimate of drug-likeness (QED) is 0.716. The number of carbonyl (C=O) groups is 1. The molecule has 0 saturated carbocycles. The van der Waals surface area contributed by atoms with Crippen LogP contribution in [0.2, 0.25) is 0 Å². The number of carboxylic acid groups (broad SMARTS) is 1. The number of phenolic OH excluding ortho intramolecular Hbond substituents is 1. The van der Waals surface area contributed by atoms with Gasteiger partial charge in [-0.15, -0.1) is 0 Å². The molecule has 1 rings (SSSR count). The summed E-state index contributed by atoms with van der Waals surface area (Å²) < 4.78 is 5.00. The van der Waals surface area contributed by atoms with Crippen LogP contribution >= 0.6 is 0 Å². The first kappa shape index (κ1) is 12.3. The Morgan fingerprint density at radius 1 is 1.44 bits per heavy atom. The number of rotatable bonds is 3. The molecular weight excluding hydrogens is 210 g/mol. The molecule has 1 aromatic carbocycles. The van der Waals surface area contributed by atoms with Gasteiger partial charge in [-0.1, -0.05) is 6.07 Å². The molecule has 0 aliphatic carbocycles. The Morgan fingerprint density at radius 3 is 2.44 bits per heavy atom. The van der Waals surface area contributed by atoms with Gasteiger partial charge >= 0.3 is 5.97 Å². The molecular formula is C11H15NO4. The van der Waals surface area contributed by atoms with Crippen LogP contribution in [0.4, 0.5) is 0 Å². The number of aromatic hydroxyl groups is 1. The van der Waals surface area contributed by atoms with Gasteiger partial charge in [-0.2, -0.15) is 0 Å². The number of hydrogen-bond acceptors (Lipinski definition) is 4. The number of nitrogens with two attached hydrogens (primary N) is 1. The number of carboxylic acids is 1. The van der Waals surface area contributed by atoms with Crippen LogP contribution in [0.5, 0.6) is 11.5 Å². The summed E-state index contributed by atoms with van der Waals surface area (Å²) in [5.41, 5.74) is 7.05. The summed E-state index contributed by atoms with van der Waals surface area (Å²) in [6.45, 7) is 3.46. The standard InChI is InChI=1S/C11H15NO4/c1-5-4-6(2)10(16-3)9(13)7(5)8(12)11(14)15/h4,8,13H,12H2,1-3H3,(H,14,15). The SMILES string of the molecule is COc1c(C)cc(C)c(C(N)C(=O)O)c1O. The summed E-state index contributed by atoms with van der Waals surface area (Å²) in [7, 11) is 1.41. The maximum Gasteiger partial charge on any atom is 0.325 e. The third-order valence-electron chi connectivity index (χ3n) is 2.47. The van der Waals surface area contributed by atoms with Gasteiger partial charge in [0.1, 0.15) is 6.04 Å². The van der Waals surface area contributed by atoms with Crippen LogP contribution in [0, 0.1) is 13.8 Å². The van der Waals surface area contributed by atoms with E-state index in [0.717, 1.165) is 5.56 Å². The van der Waals surface area contributed by atoms with E-state index in [9.17, 15) is 9.90 Å². The van der Waals surface area contributed by atoms with Crippen molar-refractivity contribution >= 4 is 5.97 Å². The van der Waals surface area contributed by atoms with E-state index in [1.165, 1.54) is 7.11 Å². The minimum atomic E-state index is -1.26. The Balaban J connectivity index is 3.45. The van der Waals surface area contributed by atoms with Gasteiger partial charge < -0.3 is 20.7 Å². The van der Waals surface area contributed by atoms with E-state index in [4.69, 9.17) is 15.6 Å². The lowest BCUT2D eigenvalue weighted by atomic mass is 9.97. The second kappa shape index (κ2) is 4.40. The summed E-state index contributed by atoms with van der Waals surface area (Å²) in [4.78, 5) is 10.8. The van der Waals surface area contributed by atoms with Gasteiger partial charge in [0.2, 0.25) is 0 Å². The molecule has 4 N–H and O–H groups in total. The van der Waals surface area contributed by atoms with Crippen molar-refractivity contribution in [2.24, 2.45) is 5.73 Å². The van der Waals surface area contributed by atoms with Crippen molar-refractivity contribution in [3.8, 4) is 11.5 Å². The van der Waals surface area contributed by atoms with Crippen LogP contribution in [0.25, 0.3) is 0 Å². The van der Waals surface area contributed by atoms with Gasteiger partial charge in [-0.3, -0.25) is 4.79 Å². The van der Waals surface area contributed by atoms with E-state index in [1.54, 1.807) is 19.9 Å². The van der Waals surface area contributed by atoms with Crippen molar-refractivity contribution in [1.29, 1.82) is 0 Å². The number of phenols is 1. The highest BCUT2D eigenvalue weighted by atomic mass is 16.5. The fraction of sp³-hybridized carbons (Fsp3) is 0.364. The molecule has 5 nitrogen and oxygen atoms in total. The Labute approximate surface area is 93.5 Å². The van der Waals surface area contributed by atoms with Gasteiger partial charge in [0.05, 0.1) is 7.11 Å². The predicted molar refractivity (Wildman–Crippen MR) is 58.7 cm³/mol. The lowest BCUT2D eigenvalue weighted by Crippen LogP contribution is -2.22. The molecule has 16 heavy (non-hydrogen) atoms. The summed E-state index contributed by atoms with van der Waals surface area (Å²) in [6, 6.07) is 0.478. The first-order valence-electron chi connectivity index (χ1n) is 4.75. The number of ether oxygens (including phenoxy) is 1. The minimum Gasteiger partial charge on any atom is -0.504 e. The van der Waals surface area contributed by atoms with Crippen molar-refractivity contribution in [2.45, 2.75) is 19.9 Å². The molecule has 88 valence electrons. The Kier molecular flexibility index (Phi) is 3.39. The second-order valence-electron chi connectivity index (χ2n) is 3.62. The van der Waals surface area contributed by atoms with Crippen LogP contribution in [0.15, 0.2) is 6.07 Å². The lowest BCUT2D eigenvalue weighted by Gasteiger charge is -2.17. The Bertz CT molecular complexity index is 428. The predicted octanol–water partition coefficient (Wildman–Crippen LogP) is 1.10. The number of benzene rings is 1. The lowest BCUT2D eigenvalue weighted by molar-refractivity contribution is -0.138. The van der Waals surface area contributed by atoms with Crippen molar-refractivity contribution < 1.29 is 19.7 Å². The zero-order valence-corrected chi connectivity index (χ0v) is 9.44. The van der Waals surface area contributed by atoms with E-state index in [-0.39, 0.29) is 17.1 Å². The maximum atomic E-state index is 10.8. The minimum absolute atomic E-state index is 0.190. The molecule has 0 amide bonds. The Morgan fingerprint density at radius 2 is 2.00 bits per heavy atom. The molecule has 1 atom stereocenters. The molecule has 0 aromatic heterocycles. The van der Waals surface area contributed by atoms with Crippen molar-refractivity contribution in [3.05, 3.63) is 22.8 Å².